The van der Waals surface area contributed by atoms with Crippen molar-refractivity contribution >= 4 is 34.8 Å². The van der Waals surface area contributed by atoms with Crippen LogP contribution in [0, 0.1) is 0 Å². The van der Waals surface area contributed by atoms with E-state index in [1.165, 1.54) is 10.6 Å². The molecule has 0 aliphatic carbocycles. The molecule has 0 bridgehead atoms. The van der Waals surface area contributed by atoms with Gasteiger partial charge in [0.1, 0.15) is 5.15 Å². The lowest BCUT2D eigenvalue weighted by Crippen LogP contribution is -2.01. The Hall–Kier alpha value is -1.07. The predicted molar refractivity (Wildman–Crippen MR) is 45.2 cm³/mol. The second-order valence-electron chi connectivity index (χ2n) is 2.09. The first kappa shape index (κ1) is 7.57. The molecule has 2 aromatic heterocycles. The maximum Gasteiger partial charge on any atom is 0.243 e. The molecule has 0 fully saturated rings. The van der Waals surface area contributed by atoms with Gasteiger partial charge in [0.15, 0.2) is 5.65 Å². The molecule has 0 amide bonds. The molecule has 0 unspecified atom stereocenters. The Balaban J connectivity index is 2.88. The molecular formula is C5H3Cl2N5. The number of anilines is 1. The Morgan fingerprint density at radius 1 is 1.33 bits per heavy atom. The van der Waals surface area contributed by atoms with Gasteiger partial charge in [-0.1, -0.05) is 11.6 Å². The van der Waals surface area contributed by atoms with Gasteiger partial charge in [-0.05, 0) is 11.6 Å². The van der Waals surface area contributed by atoms with Crippen molar-refractivity contribution in [3.63, 3.8) is 0 Å². The SMILES string of the molecule is Nc1nc(Cl)cc2nc(Cl)nn12. The van der Waals surface area contributed by atoms with Crippen molar-refractivity contribution < 1.29 is 0 Å². The van der Waals surface area contributed by atoms with Crippen LogP contribution in [0.25, 0.3) is 5.65 Å². The van der Waals surface area contributed by atoms with Gasteiger partial charge in [-0.15, -0.1) is 5.10 Å². The zero-order valence-electron chi connectivity index (χ0n) is 5.70. The molecule has 7 heteroatoms. The number of hydrogen-bond donors (Lipinski definition) is 1. The van der Waals surface area contributed by atoms with Gasteiger partial charge in [-0.25, -0.2) is 4.98 Å². The van der Waals surface area contributed by atoms with Gasteiger partial charge < -0.3 is 5.73 Å². The lowest BCUT2D eigenvalue weighted by atomic mass is 10.6. The van der Waals surface area contributed by atoms with Crippen LogP contribution in [0.1, 0.15) is 0 Å². The Morgan fingerprint density at radius 2 is 2.08 bits per heavy atom. The van der Waals surface area contributed by atoms with E-state index in [0.29, 0.717) is 5.65 Å². The van der Waals surface area contributed by atoms with Crippen molar-refractivity contribution in [2.45, 2.75) is 0 Å². The lowest BCUT2D eigenvalue weighted by molar-refractivity contribution is 0.940. The van der Waals surface area contributed by atoms with Gasteiger partial charge >= 0.3 is 0 Å². The molecular weight excluding hydrogens is 201 g/mol. The van der Waals surface area contributed by atoms with Gasteiger partial charge in [0.05, 0.1) is 0 Å². The van der Waals surface area contributed by atoms with E-state index in [2.05, 4.69) is 15.1 Å². The monoisotopic (exact) mass is 203 g/mol. The molecule has 2 rings (SSSR count). The van der Waals surface area contributed by atoms with Crippen LogP contribution >= 0.6 is 23.2 Å². The summed E-state index contributed by atoms with van der Waals surface area (Å²) in [5.74, 6) is 0.164. The third kappa shape index (κ3) is 1.07. The first-order valence-electron chi connectivity index (χ1n) is 3.01. The minimum atomic E-state index is 0.116. The first-order valence-corrected chi connectivity index (χ1v) is 3.77. The Kier molecular flexibility index (Phi) is 1.55. The Labute approximate surface area is 77.1 Å². The predicted octanol–water partition coefficient (Wildman–Crippen LogP) is 1.01. The molecule has 5 nitrogen and oxygen atoms in total. The van der Waals surface area contributed by atoms with E-state index in [4.69, 9.17) is 28.9 Å². The summed E-state index contributed by atoms with van der Waals surface area (Å²) in [6.07, 6.45) is 0. The third-order valence-electron chi connectivity index (χ3n) is 1.29. The minimum absolute atomic E-state index is 0.116. The molecule has 62 valence electrons. The highest BCUT2D eigenvalue weighted by atomic mass is 35.5. The highest BCUT2D eigenvalue weighted by Crippen LogP contribution is 2.13. The zero-order valence-corrected chi connectivity index (χ0v) is 7.21. The van der Waals surface area contributed by atoms with Crippen molar-refractivity contribution in [1.82, 2.24) is 19.6 Å². The van der Waals surface area contributed by atoms with E-state index in [0.717, 1.165) is 0 Å². The van der Waals surface area contributed by atoms with Crippen LogP contribution in [0.5, 0.6) is 0 Å². The van der Waals surface area contributed by atoms with Crippen molar-refractivity contribution in [2.24, 2.45) is 0 Å². The summed E-state index contributed by atoms with van der Waals surface area (Å²) in [7, 11) is 0. The number of nitrogens with two attached hydrogens (primary N) is 1. The van der Waals surface area contributed by atoms with Gasteiger partial charge in [0.2, 0.25) is 11.2 Å². The Morgan fingerprint density at radius 3 is 2.83 bits per heavy atom. The van der Waals surface area contributed by atoms with E-state index in [1.54, 1.807) is 0 Å². The summed E-state index contributed by atoms with van der Waals surface area (Å²) in [5, 5.41) is 4.16. The summed E-state index contributed by atoms with van der Waals surface area (Å²) >= 11 is 11.2. The van der Waals surface area contributed by atoms with E-state index in [-0.39, 0.29) is 16.4 Å². The van der Waals surface area contributed by atoms with Crippen LogP contribution in [0.15, 0.2) is 6.07 Å². The van der Waals surface area contributed by atoms with E-state index >= 15 is 0 Å². The van der Waals surface area contributed by atoms with Crippen LogP contribution in [-0.2, 0) is 0 Å². The van der Waals surface area contributed by atoms with E-state index in [1.807, 2.05) is 0 Å². The number of halogens is 2. The van der Waals surface area contributed by atoms with Crippen molar-refractivity contribution in [3.8, 4) is 0 Å². The summed E-state index contributed by atoms with van der Waals surface area (Å²) in [6.45, 7) is 0. The Bertz CT molecular complexity index is 437. The number of hydrogen-bond acceptors (Lipinski definition) is 4. The van der Waals surface area contributed by atoms with Crippen LogP contribution < -0.4 is 5.73 Å². The highest BCUT2D eigenvalue weighted by Gasteiger charge is 2.05. The standard InChI is InChI=1S/C5H3Cl2N5/c6-2-1-3-10-4(7)11-12(3)5(8)9-2/h1H,(H2,8,9). The molecule has 0 aliphatic heterocycles. The maximum atomic E-state index is 5.62. The topological polar surface area (TPSA) is 69.1 Å². The van der Waals surface area contributed by atoms with Crippen LogP contribution in [0.2, 0.25) is 10.4 Å². The number of nitrogen functional groups attached to an aromatic ring is 1. The fourth-order valence-corrected chi connectivity index (χ4v) is 1.20. The average Bonchev–Trinajstić information content (AvgIpc) is 2.29. The van der Waals surface area contributed by atoms with Crippen molar-refractivity contribution in [1.29, 1.82) is 0 Å². The first-order chi connectivity index (χ1) is 5.66. The molecule has 0 saturated carbocycles. The molecule has 0 saturated heterocycles. The molecule has 0 aromatic carbocycles. The van der Waals surface area contributed by atoms with Gasteiger partial charge in [-0.2, -0.15) is 9.50 Å². The highest BCUT2D eigenvalue weighted by molar-refractivity contribution is 6.30. The largest absolute Gasteiger partial charge is 0.368 e. The quantitative estimate of drug-likeness (QED) is 0.650. The average molecular weight is 204 g/mol. The van der Waals surface area contributed by atoms with Crippen LogP contribution in [0.3, 0.4) is 0 Å². The summed E-state index contributed by atoms with van der Waals surface area (Å²) < 4.78 is 1.31. The smallest absolute Gasteiger partial charge is 0.243 e. The molecule has 0 atom stereocenters. The summed E-state index contributed by atoms with van der Waals surface area (Å²) in [6, 6.07) is 1.52. The third-order valence-corrected chi connectivity index (χ3v) is 1.65. The summed E-state index contributed by atoms with van der Waals surface area (Å²) in [5.41, 5.74) is 5.96. The van der Waals surface area contributed by atoms with E-state index in [9.17, 15) is 0 Å². The fraction of sp³-hybridized carbons (Fsp3) is 0. The second kappa shape index (κ2) is 2.46. The maximum absolute atomic E-state index is 5.62. The molecule has 2 aromatic rings. The molecule has 0 aliphatic rings. The van der Waals surface area contributed by atoms with Crippen molar-refractivity contribution in [3.05, 3.63) is 16.5 Å². The van der Waals surface area contributed by atoms with E-state index < -0.39 is 0 Å². The van der Waals surface area contributed by atoms with Gasteiger partial charge in [0.25, 0.3) is 0 Å². The minimum Gasteiger partial charge on any atom is -0.368 e. The molecule has 0 spiro atoms. The molecule has 0 radical (unpaired) electrons. The lowest BCUT2D eigenvalue weighted by Gasteiger charge is -1.95. The molecule has 2 N–H and O–H groups in total. The van der Waals surface area contributed by atoms with Gasteiger partial charge in [0, 0.05) is 6.07 Å². The zero-order chi connectivity index (χ0) is 8.72. The molecule has 12 heavy (non-hydrogen) atoms. The summed E-state index contributed by atoms with van der Waals surface area (Å²) in [4.78, 5) is 7.61. The number of rotatable bonds is 0. The number of aromatic nitrogens is 4. The fourth-order valence-electron chi connectivity index (χ4n) is 0.856. The van der Waals surface area contributed by atoms with Crippen LogP contribution in [0.4, 0.5) is 5.95 Å². The molecule has 2 heterocycles. The van der Waals surface area contributed by atoms with Gasteiger partial charge in [-0.3, -0.25) is 0 Å². The number of nitrogens with zero attached hydrogens (tertiary/aromatic N) is 4. The van der Waals surface area contributed by atoms with Crippen molar-refractivity contribution in [2.75, 3.05) is 5.73 Å². The number of fused-ring (bicyclic) bond motifs is 1. The normalized spacial score (nSPS) is 10.8. The second-order valence-corrected chi connectivity index (χ2v) is 2.81. The van der Waals surface area contributed by atoms with Crippen LogP contribution in [-0.4, -0.2) is 19.6 Å².